The summed E-state index contributed by atoms with van der Waals surface area (Å²) in [6.45, 7) is 3.43. The number of ether oxygens (including phenoxy) is 1. The molecular weight excluding hydrogens is 495 g/mol. The number of nitrogens with one attached hydrogen (secondary N) is 1. The molecule has 2 aromatic rings. The number of amides is 1. The first-order valence-electron chi connectivity index (χ1n) is 10.6. The molecule has 3 rings (SSSR count). The number of benzene rings is 2. The standard InChI is InChI=1S/C23H25F5N2O4S/c1-22(2,3)34-21(31)30-12-23(27,28)20(29-35(4,32)33)18(30)10-13-6-5-7-17(19(13)26)14-8-15(24)11-16(25)9-14/h5-9,11,18,20,29H,10,12H2,1-4H3/t18-,20+/m0/s1. The summed E-state index contributed by atoms with van der Waals surface area (Å²) in [5.41, 5.74) is -1.51. The number of carbonyl (C=O) groups excluding carboxylic acids is 1. The van der Waals surface area contributed by atoms with Gasteiger partial charge in [-0.25, -0.2) is 39.9 Å². The predicted molar refractivity (Wildman–Crippen MR) is 119 cm³/mol. The summed E-state index contributed by atoms with van der Waals surface area (Å²) >= 11 is 0. The molecule has 0 saturated carbocycles. The number of alkyl halides is 2. The molecule has 6 nitrogen and oxygen atoms in total. The molecule has 12 heteroatoms. The largest absolute Gasteiger partial charge is 0.444 e. The minimum atomic E-state index is -4.14. The number of sulfonamides is 1. The van der Waals surface area contributed by atoms with Crippen molar-refractivity contribution in [2.75, 3.05) is 12.8 Å². The normalized spacial score (nSPS) is 20.2. The van der Waals surface area contributed by atoms with Crippen LogP contribution in [0.3, 0.4) is 0 Å². The minimum absolute atomic E-state index is 0.117. The molecule has 1 amide bonds. The number of rotatable bonds is 5. The molecule has 1 N–H and O–H groups in total. The van der Waals surface area contributed by atoms with E-state index < -0.39 is 70.1 Å². The Balaban J connectivity index is 2.05. The molecule has 1 aliphatic rings. The van der Waals surface area contributed by atoms with Gasteiger partial charge >= 0.3 is 6.09 Å². The Kier molecular flexibility index (Phi) is 7.20. The van der Waals surface area contributed by atoms with E-state index in [2.05, 4.69) is 0 Å². The van der Waals surface area contributed by atoms with E-state index in [4.69, 9.17) is 4.74 Å². The van der Waals surface area contributed by atoms with E-state index in [0.717, 1.165) is 12.1 Å². The van der Waals surface area contributed by atoms with Crippen molar-refractivity contribution in [3.63, 3.8) is 0 Å². The van der Waals surface area contributed by atoms with Crippen LogP contribution in [0.25, 0.3) is 11.1 Å². The topological polar surface area (TPSA) is 75.7 Å². The number of nitrogens with zero attached hydrogens (tertiary/aromatic N) is 1. The third kappa shape index (κ3) is 6.49. The van der Waals surface area contributed by atoms with Gasteiger partial charge in [0.15, 0.2) is 0 Å². The van der Waals surface area contributed by atoms with Crippen LogP contribution < -0.4 is 4.72 Å². The van der Waals surface area contributed by atoms with Gasteiger partial charge in [0.05, 0.1) is 18.8 Å². The second kappa shape index (κ2) is 9.38. The molecule has 0 aromatic heterocycles. The second-order valence-corrected chi connectivity index (χ2v) is 11.2. The Bertz CT molecular complexity index is 1210. The van der Waals surface area contributed by atoms with Crippen LogP contribution in [0.2, 0.25) is 0 Å². The minimum Gasteiger partial charge on any atom is -0.444 e. The van der Waals surface area contributed by atoms with Crippen LogP contribution in [-0.2, 0) is 21.2 Å². The van der Waals surface area contributed by atoms with E-state index in [9.17, 15) is 30.8 Å². The molecule has 1 aliphatic heterocycles. The summed E-state index contributed by atoms with van der Waals surface area (Å²) < 4.78 is 103. The predicted octanol–water partition coefficient (Wildman–Crippen LogP) is 4.49. The van der Waals surface area contributed by atoms with Crippen molar-refractivity contribution in [1.82, 2.24) is 9.62 Å². The lowest BCUT2D eigenvalue weighted by Crippen LogP contribution is -2.52. The molecular formula is C23H25F5N2O4S. The van der Waals surface area contributed by atoms with E-state index in [1.807, 2.05) is 4.72 Å². The lowest BCUT2D eigenvalue weighted by atomic mass is 9.95. The van der Waals surface area contributed by atoms with Gasteiger partial charge in [0.1, 0.15) is 29.1 Å². The lowest BCUT2D eigenvalue weighted by molar-refractivity contribution is -0.0122. The van der Waals surface area contributed by atoms with Crippen LogP contribution in [0.1, 0.15) is 26.3 Å². The van der Waals surface area contributed by atoms with E-state index in [0.29, 0.717) is 17.2 Å². The first kappa shape index (κ1) is 26.9. The van der Waals surface area contributed by atoms with Gasteiger partial charge in [-0.1, -0.05) is 18.2 Å². The monoisotopic (exact) mass is 520 g/mol. The zero-order valence-electron chi connectivity index (χ0n) is 19.4. The first-order valence-corrected chi connectivity index (χ1v) is 12.4. The average molecular weight is 521 g/mol. The average Bonchev–Trinajstić information content (AvgIpc) is 2.91. The second-order valence-electron chi connectivity index (χ2n) is 9.45. The first-order chi connectivity index (χ1) is 16.0. The molecule has 0 unspecified atom stereocenters. The molecule has 2 atom stereocenters. The number of likely N-dealkylation sites (tertiary alicyclic amines) is 1. The summed E-state index contributed by atoms with van der Waals surface area (Å²) in [5, 5.41) is 0. The summed E-state index contributed by atoms with van der Waals surface area (Å²) in [5.74, 6) is -6.51. The smallest absolute Gasteiger partial charge is 0.410 e. The molecule has 0 spiro atoms. The lowest BCUT2D eigenvalue weighted by Gasteiger charge is -2.30. The Morgan fingerprint density at radius 1 is 1.14 bits per heavy atom. The number of hydrogen-bond donors (Lipinski definition) is 1. The van der Waals surface area contributed by atoms with Crippen LogP contribution in [0.15, 0.2) is 36.4 Å². The molecule has 0 radical (unpaired) electrons. The van der Waals surface area contributed by atoms with Crippen LogP contribution in [-0.4, -0.2) is 55.8 Å². The fourth-order valence-electron chi connectivity index (χ4n) is 3.94. The molecule has 0 aliphatic carbocycles. The van der Waals surface area contributed by atoms with E-state index in [1.165, 1.54) is 39.0 Å². The van der Waals surface area contributed by atoms with Gasteiger partial charge in [0.2, 0.25) is 10.0 Å². The summed E-state index contributed by atoms with van der Waals surface area (Å²) in [7, 11) is -4.14. The molecule has 192 valence electrons. The molecule has 1 fully saturated rings. The SMILES string of the molecule is CC(C)(C)OC(=O)N1CC(F)(F)[C@H](NS(C)(=O)=O)[C@@H]1Cc1cccc(-c2cc(F)cc(F)c2)c1F. The van der Waals surface area contributed by atoms with Crippen molar-refractivity contribution < 1.29 is 39.9 Å². The maximum atomic E-state index is 15.4. The van der Waals surface area contributed by atoms with Crippen molar-refractivity contribution in [2.45, 2.75) is 50.8 Å². The van der Waals surface area contributed by atoms with Gasteiger partial charge in [0.25, 0.3) is 5.92 Å². The molecule has 1 saturated heterocycles. The highest BCUT2D eigenvalue weighted by Gasteiger charge is 2.57. The Labute approximate surface area is 200 Å². The van der Waals surface area contributed by atoms with Crippen LogP contribution in [0.4, 0.5) is 26.7 Å². The zero-order valence-corrected chi connectivity index (χ0v) is 20.2. The molecule has 0 bridgehead atoms. The zero-order chi connectivity index (χ0) is 26.3. The van der Waals surface area contributed by atoms with Crippen molar-refractivity contribution in [3.8, 4) is 11.1 Å². The number of halogens is 5. The van der Waals surface area contributed by atoms with E-state index in [1.54, 1.807) is 0 Å². The van der Waals surface area contributed by atoms with E-state index in [-0.39, 0.29) is 16.7 Å². The Morgan fingerprint density at radius 3 is 2.29 bits per heavy atom. The third-order valence-electron chi connectivity index (χ3n) is 5.27. The van der Waals surface area contributed by atoms with Gasteiger partial charge in [0, 0.05) is 11.6 Å². The number of hydrogen-bond acceptors (Lipinski definition) is 4. The molecule has 2 aromatic carbocycles. The third-order valence-corrected chi connectivity index (χ3v) is 5.95. The van der Waals surface area contributed by atoms with Crippen molar-refractivity contribution in [2.24, 2.45) is 0 Å². The van der Waals surface area contributed by atoms with Crippen LogP contribution in [0.5, 0.6) is 0 Å². The highest BCUT2D eigenvalue weighted by atomic mass is 32.2. The van der Waals surface area contributed by atoms with Crippen molar-refractivity contribution >= 4 is 16.1 Å². The molecule has 1 heterocycles. The summed E-state index contributed by atoms with van der Waals surface area (Å²) in [6, 6.07) is 2.73. The fourth-order valence-corrected chi connectivity index (χ4v) is 4.73. The van der Waals surface area contributed by atoms with Gasteiger partial charge in [-0.15, -0.1) is 0 Å². The van der Waals surface area contributed by atoms with Crippen LogP contribution >= 0.6 is 0 Å². The van der Waals surface area contributed by atoms with Gasteiger partial charge in [-0.3, -0.25) is 4.90 Å². The van der Waals surface area contributed by atoms with Crippen LogP contribution in [0, 0.1) is 17.5 Å². The van der Waals surface area contributed by atoms with Gasteiger partial charge < -0.3 is 4.74 Å². The quantitative estimate of drug-likeness (QED) is 0.590. The maximum absolute atomic E-state index is 15.4. The maximum Gasteiger partial charge on any atom is 0.410 e. The Morgan fingerprint density at radius 2 is 1.74 bits per heavy atom. The molecule has 35 heavy (non-hydrogen) atoms. The van der Waals surface area contributed by atoms with Crippen molar-refractivity contribution in [3.05, 3.63) is 59.4 Å². The van der Waals surface area contributed by atoms with Gasteiger partial charge in [-0.05, 0) is 50.5 Å². The highest BCUT2D eigenvalue weighted by Crippen LogP contribution is 2.37. The van der Waals surface area contributed by atoms with Crippen molar-refractivity contribution in [1.29, 1.82) is 0 Å². The fraction of sp³-hybridized carbons (Fsp3) is 0.435. The highest BCUT2D eigenvalue weighted by molar-refractivity contribution is 7.88. The van der Waals surface area contributed by atoms with E-state index >= 15 is 4.39 Å². The number of carbonyl (C=O) groups is 1. The summed E-state index contributed by atoms with van der Waals surface area (Å²) in [6.07, 6.45) is -0.959. The Hall–Kier alpha value is -2.73. The summed E-state index contributed by atoms with van der Waals surface area (Å²) in [4.78, 5) is 13.4. The van der Waals surface area contributed by atoms with Gasteiger partial charge in [-0.2, -0.15) is 0 Å².